The van der Waals surface area contributed by atoms with Crippen LogP contribution in [-0.2, 0) is 0 Å². The lowest BCUT2D eigenvalue weighted by molar-refractivity contribution is 0.930. The van der Waals surface area contributed by atoms with Gasteiger partial charge in [0.05, 0.1) is 5.56 Å². The van der Waals surface area contributed by atoms with Crippen molar-refractivity contribution in [3.63, 3.8) is 0 Å². The van der Waals surface area contributed by atoms with Crippen molar-refractivity contribution in [2.24, 2.45) is 15.7 Å². The zero-order valence-corrected chi connectivity index (χ0v) is 11.0. The molecule has 0 saturated heterocycles. The number of halogens is 1. The SMILES string of the molecule is CCCN=C1N=C(N)c2c(Cl)nc(C)c(C)c21. The van der Waals surface area contributed by atoms with Crippen molar-refractivity contribution in [1.82, 2.24) is 4.98 Å². The Hall–Kier alpha value is -1.42. The van der Waals surface area contributed by atoms with Crippen LogP contribution in [0.15, 0.2) is 9.98 Å². The maximum Gasteiger partial charge on any atom is 0.158 e. The van der Waals surface area contributed by atoms with E-state index in [9.17, 15) is 0 Å². The Labute approximate surface area is 106 Å². The number of rotatable bonds is 2. The van der Waals surface area contributed by atoms with Gasteiger partial charge in [-0.3, -0.25) is 4.99 Å². The van der Waals surface area contributed by atoms with Gasteiger partial charge in [0.25, 0.3) is 0 Å². The van der Waals surface area contributed by atoms with Crippen LogP contribution < -0.4 is 5.73 Å². The van der Waals surface area contributed by atoms with Crippen LogP contribution in [0.3, 0.4) is 0 Å². The molecule has 0 radical (unpaired) electrons. The number of aromatic nitrogens is 1. The average Bonchev–Trinajstić information content (AvgIpc) is 2.61. The fourth-order valence-electron chi connectivity index (χ4n) is 1.83. The molecule has 0 unspecified atom stereocenters. The van der Waals surface area contributed by atoms with Crippen LogP contribution in [0.25, 0.3) is 0 Å². The van der Waals surface area contributed by atoms with Gasteiger partial charge in [-0.1, -0.05) is 18.5 Å². The first-order chi connectivity index (χ1) is 8.06. The van der Waals surface area contributed by atoms with Crippen LogP contribution in [0.5, 0.6) is 0 Å². The maximum absolute atomic E-state index is 6.11. The van der Waals surface area contributed by atoms with Gasteiger partial charge in [-0.25, -0.2) is 9.98 Å². The predicted octanol–water partition coefficient (Wildman–Crippen LogP) is 2.23. The van der Waals surface area contributed by atoms with Crippen LogP contribution in [-0.4, -0.2) is 23.2 Å². The van der Waals surface area contributed by atoms with E-state index in [2.05, 4.69) is 21.9 Å². The van der Waals surface area contributed by atoms with Gasteiger partial charge in [-0.15, -0.1) is 0 Å². The summed E-state index contributed by atoms with van der Waals surface area (Å²) < 4.78 is 0. The number of nitrogens with zero attached hydrogens (tertiary/aromatic N) is 3. The molecule has 0 fully saturated rings. The molecule has 0 amide bonds. The molecule has 0 atom stereocenters. The Bertz CT molecular complexity index is 532. The number of hydrogen-bond acceptors (Lipinski definition) is 3. The largest absolute Gasteiger partial charge is 0.383 e. The van der Waals surface area contributed by atoms with Crippen molar-refractivity contribution in [3.05, 3.63) is 27.5 Å². The van der Waals surface area contributed by atoms with Crippen LogP contribution in [0.1, 0.15) is 35.7 Å². The molecule has 5 heteroatoms. The molecular weight excluding hydrogens is 236 g/mol. The highest BCUT2D eigenvalue weighted by Gasteiger charge is 2.26. The van der Waals surface area contributed by atoms with Gasteiger partial charge in [0.1, 0.15) is 11.0 Å². The molecule has 2 heterocycles. The van der Waals surface area contributed by atoms with Crippen LogP contribution in [0.4, 0.5) is 0 Å². The summed E-state index contributed by atoms with van der Waals surface area (Å²) in [5.74, 6) is 1.10. The summed E-state index contributed by atoms with van der Waals surface area (Å²) in [6.45, 7) is 6.73. The van der Waals surface area contributed by atoms with E-state index in [-0.39, 0.29) is 0 Å². The summed E-state index contributed by atoms with van der Waals surface area (Å²) in [6, 6.07) is 0. The fraction of sp³-hybridized carbons (Fsp3) is 0.417. The van der Waals surface area contributed by atoms with E-state index >= 15 is 0 Å². The monoisotopic (exact) mass is 250 g/mol. The lowest BCUT2D eigenvalue weighted by Crippen LogP contribution is -2.13. The normalized spacial score (nSPS) is 16.2. The first-order valence-electron chi connectivity index (χ1n) is 5.62. The van der Waals surface area contributed by atoms with E-state index in [1.807, 2.05) is 13.8 Å². The topological polar surface area (TPSA) is 63.6 Å². The lowest BCUT2D eigenvalue weighted by Gasteiger charge is -2.08. The highest BCUT2D eigenvalue weighted by atomic mass is 35.5. The van der Waals surface area contributed by atoms with Gasteiger partial charge in [0.15, 0.2) is 5.84 Å². The quantitative estimate of drug-likeness (QED) is 0.818. The first kappa shape index (κ1) is 12.0. The van der Waals surface area contributed by atoms with Gasteiger partial charge in [0, 0.05) is 17.8 Å². The van der Waals surface area contributed by atoms with Gasteiger partial charge >= 0.3 is 0 Å². The molecule has 2 N–H and O–H groups in total. The second-order valence-electron chi connectivity index (χ2n) is 4.07. The van der Waals surface area contributed by atoms with Gasteiger partial charge < -0.3 is 5.73 Å². The van der Waals surface area contributed by atoms with E-state index in [1.165, 1.54) is 0 Å². The van der Waals surface area contributed by atoms with E-state index in [1.54, 1.807) is 0 Å². The molecule has 0 bridgehead atoms. The molecule has 17 heavy (non-hydrogen) atoms. The predicted molar refractivity (Wildman–Crippen MR) is 71.1 cm³/mol. The number of amidine groups is 2. The van der Waals surface area contributed by atoms with Crippen molar-refractivity contribution in [2.75, 3.05) is 6.54 Å². The van der Waals surface area contributed by atoms with Crippen LogP contribution in [0, 0.1) is 13.8 Å². The minimum Gasteiger partial charge on any atom is -0.383 e. The molecule has 0 saturated carbocycles. The Morgan fingerprint density at radius 3 is 2.65 bits per heavy atom. The molecule has 1 aromatic heterocycles. The molecule has 90 valence electrons. The van der Waals surface area contributed by atoms with Crippen molar-refractivity contribution in [1.29, 1.82) is 0 Å². The van der Waals surface area contributed by atoms with Crippen molar-refractivity contribution < 1.29 is 0 Å². The van der Waals surface area contributed by atoms with E-state index < -0.39 is 0 Å². The molecule has 0 spiro atoms. The average molecular weight is 251 g/mol. The molecular formula is C12H15ClN4. The second-order valence-corrected chi connectivity index (χ2v) is 4.42. The summed E-state index contributed by atoms with van der Waals surface area (Å²) in [5, 5.41) is 0.408. The molecule has 1 aliphatic heterocycles. The summed E-state index contributed by atoms with van der Waals surface area (Å²) in [4.78, 5) is 13.0. The third-order valence-electron chi connectivity index (χ3n) is 2.83. The van der Waals surface area contributed by atoms with Crippen molar-refractivity contribution in [2.45, 2.75) is 27.2 Å². The van der Waals surface area contributed by atoms with E-state index in [0.717, 1.165) is 35.3 Å². The summed E-state index contributed by atoms with van der Waals surface area (Å²) in [7, 11) is 0. The lowest BCUT2D eigenvalue weighted by atomic mass is 10.0. The van der Waals surface area contributed by atoms with Crippen LogP contribution in [0.2, 0.25) is 5.15 Å². The zero-order valence-electron chi connectivity index (χ0n) is 10.2. The molecule has 1 aliphatic rings. The van der Waals surface area contributed by atoms with Crippen molar-refractivity contribution >= 4 is 23.3 Å². The van der Waals surface area contributed by atoms with E-state index in [0.29, 0.717) is 16.8 Å². The smallest absolute Gasteiger partial charge is 0.158 e. The van der Waals surface area contributed by atoms with Crippen molar-refractivity contribution in [3.8, 4) is 0 Å². The number of aryl methyl sites for hydroxylation is 1. The second kappa shape index (κ2) is 4.45. The fourth-order valence-corrected chi connectivity index (χ4v) is 2.15. The molecule has 4 nitrogen and oxygen atoms in total. The zero-order chi connectivity index (χ0) is 12.6. The summed E-state index contributed by atoms with van der Waals surface area (Å²) in [6.07, 6.45) is 0.977. The molecule has 0 aromatic carbocycles. The first-order valence-corrected chi connectivity index (χ1v) is 6.00. The third kappa shape index (κ3) is 1.93. The molecule has 0 aliphatic carbocycles. The number of nitrogens with two attached hydrogens (primary N) is 1. The van der Waals surface area contributed by atoms with Gasteiger partial charge in [-0.2, -0.15) is 0 Å². The standard InChI is InChI=1S/C12H15ClN4/c1-4-5-15-12-8-6(2)7(3)16-10(13)9(8)11(14)17-12/h4-5H2,1-3H3,(H2,14,15,17). The highest BCUT2D eigenvalue weighted by molar-refractivity contribution is 6.36. The Balaban J connectivity index is 2.65. The number of hydrogen-bond donors (Lipinski definition) is 1. The number of pyridine rings is 1. The van der Waals surface area contributed by atoms with Gasteiger partial charge in [-0.05, 0) is 25.8 Å². The van der Waals surface area contributed by atoms with Gasteiger partial charge in [0.2, 0.25) is 0 Å². The van der Waals surface area contributed by atoms with E-state index in [4.69, 9.17) is 17.3 Å². The molecule has 1 aromatic rings. The Kier molecular flexibility index (Phi) is 3.15. The maximum atomic E-state index is 6.11. The minimum absolute atomic E-state index is 0.408. The Morgan fingerprint density at radius 1 is 1.29 bits per heavy atom. The highest BCUT2D eigenvalue weighted by Crippen LogP contribution is 2.28. The number of fused-ring (bicyclic) bond motifs is 1. The third-order valence-corrected chi connectivity index (χ3v) is 3.10. The van der Waals surface area contributed by atoms with Crippen LogP contribution >= 0.6 is 11.6 Å². The minimum atomic E-state index is 0.408. The summed E-state index contributed by atoms with van der Waals surface area (Å²) >= 11 is 6.11. The Morgan fingerprint density at radius 2 is 2.00 bits per heavy atom. The summed E-state index contributed by atoms with van der Waals surface area (Å²) in [5.41, 5.74) is 9.47. The molecule has 2 rings (SSSR count). The number of aliphatic imine (C=N–C) groups is 2.